The molecule has 7 nitrogen and oxygen atoms in total. The molecule has 0 aromatic carbocycles. The number of halogens is 1. The molecule has 3 rings (SSSR count). The van der Waals surface area contributed by atoms with Gasteiger partial charge in [0, 0.05) is 26.3 Å². The van der Waals surface area contributed by atoms with Crippen molar-refractivity contribution in [3.8, 4) is 0 Å². The number of hydrogen-bond donors (Lipinski definition) is 0. The van der Waals surface area contributed by atoms with Gasteiger partial charge in [0.25, 0.3) is 0 Å². The Labute approximate surface area is 147 Å². The molecule has 0 spiro atoms. The van der Waals surface area contributed by atoms with Crippen LogP contribution >= 0.6 is 11.6 Å². The van der Waals surface area contributed by atoms with E-state index in [1.54, 1.807) is 33.1 Å². The van der Waals surface area contributed by atoms with Crippen molar-refractivity contribution < 1.29 is 8.42 Å². The van der Waals surface area contributed by atoms with E-state index < -0.39 is 10.0 Å². The zero-order valence-electron chi connectivity index (χ0n) is 13.9. The van der Waals surface area contributed by atoms with Gasteiger partial charge in [-0.2, -0.15) is 14.5 Å². The number of hydrogen-bond acceptors (Lipinski definition) is 4. The molecule has 1 fully saturated rings. The van der Waals surface area contributed by atoms with Gasteiger partial charge in [-0.1, -0.05) is 24.4 Å². The van der Waals surface area contributed by atoms with Gasteiger partial charge < -0.3 is 0 Å². The lowest BCUT2D eigenvalue weighted by Crippen LogP contribution is -2.35. The average Bonchev–Trinajstić information content (AvgIpc) is 3.08. The standard InChI is InChI=1S/C15H22ClN5O2S/c1-3-20-11-12(9-18-20)24(22,23)21-8-6-4-5-7-14(21)15-13(16)10-17-19(15)2/h9-11,14H,3-8H2,1-2H3/t14-/m1/s1. The van der Waals surface area contributed by atoms with E-state index in [0.29, 0.717) is 18.1 Å². The van der Waals surface area contributed by atoms with Crippen LogP contribution in [0.3, 0.4) is 0 Å². The molecule has 1 saturated heterocycles. The van der Waals surface area contributed by atoms with Crippen molar-refractivity contribution in [1.82, 2.24) is 23.9 Å². The maximum absolute atomic E-state index is 13.2. The van der Waals surface area contributed by atoms with E-state index in [1.807, 2.05) is 6.92 Å². The van der Waals surface area contributed by atoms with Crippen LogP contribution in [0.15, 0.2) is 23.5 Å². The Kier molecular flexibility index (Phi) is 4.98. The second kappa shape index (κ2) is 6.85. The summed E-state index contributed by atoms with van der Waals surface area (Å²) in [5.41, 5.74) is 0.755. The molecule has 1 aliphatic rings. The molecule has 0 unspecified atom stereocenters. The Balaban J connectivity index is 2.04. The number of nitrogens with zero attached hydrogens (tertiary/aromatic N) is 5. The quantitative estimate of drug-likeness (QED) is 0.828. The Hall–Kier alpha value is -1.38. The first kappa shape index (κ1) is 17.4. The molecular formula is C15H22ClN5O2S. The maximum Gasteiger partial charge on any atom is 0.246 e. The minimum absolute atomic E-state index is 0.231. The Morgan fingerprint density at radius 2 is 2.04 bits per heavy atom. The highest BCUT2D eigenvalue weighted by molar-refractivity contribution is 7.89. The summed E-state index contributed by atoms with van der Waals surface area (Å²) >= 11 is 6.30. The van der Waals surface area contributed by atoms with Crippen LogP contribution in [-0.4, -0.2) is 38.8 Å². The normalized spacial score (nSPS) is 20.2. The fourth-order valence-electron chi connectivity index (χ4n) is 3.22. The fourth-order valence-corrected chi connectivity index (χ4v) is 5.13. The molecule has 9 heteroatoms. The van der Waals surface area contributed by atoms with E-state index in [-0.39, 0.29) is 10.9 Å². The van der Waals surface area contributed by atoms with Gasteiger partial charge in [0.05, 0.1) is 29.2 Å². The topological polar surface area (TPSA) is 73.0 Å². The van der Waals surface area contributed by atoms with Crippen molar-refractivity contribution in [3.63, 3.8) is 0 Å². The van der Waals surface area contributed by atoms with Crippen LogP contribution in [0, 0.1) is 0 Å². The van der Waals surface area contributed by atoms with Crippen molar-refractivity contribution in [3.05, 3.63) is 29.3 Å². The molecule has 3 heterocycles. The van der Waals surface area contributed by atoms with Crippen LogP contribution < -0.4 is 0 Å². The summed E-state index contributed by atoms with van der Waals surface area (Å²) in [6.45, 7) is 3.03. The van der Waals surface area contributed by atoms with E-state index >= 15 is 0 Å². The van der Waals surface area contributed by atoms with Gasteiger partial charge in [0.2, 0.25) is 10.0 Å². The minimum Gasteiger partial charge on any atom is -0.272 e. The first-order chi connectivity index (χ1) is 11.4. The molecule has 0 bridgehead atoms. The van der Waals surface area contributed by atoms with Crippen LogP contribution in [0.5, 0.6) is 0 Å². The third kappa shape index (κ3) is 3.10. The molecule has 1 atom stereocenters. The first-order valence-electron chi connectivity index (χ1n) is 8.17. The zero-order chi connectivity index (χ0) is 17.3. The van der Waals surface area contributed by atoms with Crippen LogP contribution in [0.25, 0.3) is 0 Å². The van der Waals surface area contributed by atoms with E-state index in [4.69, 9.17) is 11.6 Å². The highest BCUT2D eigenvalue weighted by Crippen LogP contribution is 2.37. The van der Waals surface area contributed by atoms with Crippen molar-refractivity contribution in [2.45, 2.75) is 50.1 Å². The maximum atomic E-state index is 13.2. The van der Waals surface area contributed by atoms with Gasteiger partial charge in [-0.3, -0.25) is 9.36 Å². The summed E-state index contributed by atoms with van der Waals surface area (Å²) in [4.78, 5) is 0.231. The Morgan fingerprint density at radius 3 is 2.67 bits per heavy atom. The number of rotatable bonds is 4. The Bertz CT molecular complexity index is 794. The molecule has 132 valence electrons. The van der Waals surface area contributed by atoms with E-state index in [1.165, 1.54) is 6.20 Å². The number of sulfonamides is 1. The lowest BCUT2D eigenvalue weighted by Gasteiger charge is -2.29. The molecule has 1 aliphatic heterocycles. The average molecular weight is 372 g/mol. The summed E-state index contributed by atoms with van der Waals surface area (Å²) in [5, 5.41) is 8.79. The molecule has 0 saturated carbocycles. The van der Waals surface area contributed by atoms with E-state index in [9.17, 15) is 8.42 Å². The monoisotopic (exact) mass is 371 g/mol. The summed E-state index contributed by atoms with van der Waals surface area (Å²) in [5.74, 6) is 0. The van der Waals surface area contributed by atoms with Crippen molar-refractivity contribution >= 4 is 21.6 Å². The highest BCUT2D eigenvalue weighted by Gasteiger charge is 2.36. The lowest BCUT2D eigenvalue weighted by atomic mass is 10.1. The molecule has 0 N–H and O–H groups in total. The third-order valence-electron chi connectivity index (χ3n) is 4.50. The SMILES string of the molecule is CCn1cc(S(=O)(=O)N2CCCCC[C@@H]2c2c(Cl)cnn2C)cn1. The largest absolute Gasteiger partial charge is 0.272 e. The van der Waals surface area contributed by atoms with Crippen molar-refractivity contribution in [1.29, 1.82) is 0 Å². The third-order valence-corrected chi connectivity index (χ3v) is 6.65. The molecule has 2 aromatic heterocycles. The summed E-state index contributed by atoms with van der Waals surface area (Å²) < 4.78 is 31.3. The molecule has 24 heavy (non-hydrogen) atoms. The van der Waals surface area contributed by atoms with Gasteiger partial charge >= 0.3 is 0 Å². The minimum atomic E-state index is -3.63. The molecule has 2 aromatic rings. The van der Waals surface area contributed by atoms with Gasteiger partial charge in [0.15, 0.2) is 0 Å². The number of aryl methyl sites for hydroxylation is 2. The van der Waals surface area contributed by atoms with Crippen LogP contribution in [0.4, 0.5) is 0 Å². The van der Waals surface area contributed by atoms with Crippen LogP contribution in [0.2, 0.25) is 5.02 Å². The first-order valence-corrected chi connectivity index (χ1v) is 9.98. The lowest BCUT2D eigenvalue weighted by molar-refractivity contribution is 0.315. The summed E-state index contributed by atoms with van der Waals surface area (Å²) in [6, 6.07) is -0.303. The molecule has 0 aliphatic carbocycles. The second-order valence-electron chi connectivity index (χ2n) is 6.01. The van der Waals surface area contributed by atoms with Crippen LogP contribution in [-0.2, 0) is 23.6 Å². The summed E-state index contributed by atoms with van der Waals surface area (Å²) in [6.07, 6.45) is 8.13. The smallest absolute Gasteiger partial charge is 0.246 e. The van der Waals surface area contributed by atoms with Crippen molar-refractivity contribution in [2.24, 2.45) is 7.05 Å². The van der Waals surface area contributed by atoms with Gasteiger partial charge in [-0.15, -0.1) is 0 Å². The van der Waals surface area contributed by atoms with Gasteiger partial charge in [0.1, 0.15) is 4.90 Å². The van der Waals surface area contributed by atoms with Gasteiger partial charge in [-0.05, 0) is 19.8 Å². The predicted molar refractivity (Wildman–Crippen MR) is 91.2 cm³/mol. The van der Waals surface area contributed by atoms with Gasteiger partial charge in [-0.25, -0.2) is 8.42 Å². The fraction of sp³-hybridized carbons (Fsp3) is 0.600. The molecular weight excluding hydrogens is 350 g/mol. The van der Waals surface area contributed by atoms with Crippen LogP contribution in [0.1, 0.15) is 44.3 Å². The van der Waals surface area contributed by atoms with E-state index in [0.717, 1.165) is 31.4 Å². The van der Waals surface area contributed by atoms with E-state index in [2.05, 4.69) is 10.2 Å². The zero-order valence-corrected chi connectivity index (χ0v) is 15.5. The highest BCUT2D eigenvalue weighted by atomic mass is 35.5. The number of aromatic nitrogens is 4. The Morgan fingerprint density at radius 1 is 1.25 bits per heavy atom. The van der Waals surface area contributed by atoms with Crippen molar-refractivity contribution in [2.75, 3.05) is 6.54 Å². The predicted octanol–water partition coefficient (Wildman–Crippen LogP) is 2.60. The summed E-state index contributed by atoms with van der Waals surface area (Å²) in [7, 11) is -1.84. The molecule has 0 amide bonds. The second-order valence-corrected chi connectivity index (χ2v) is 8.31. The molecule has 0 radical (unpaired) electrons.